The van der Waals surface area contributed by atoms with Crippen molar-refractivity contribution in [1.29, 1.82) is 0 Å². The lowest BCUT2D eigenvalue weighted by Crippen LogP contribution is -2.02. The zero-order valence-electron chi connectivity index (χ0n) is 22.0. The Morgan fingerprint density at radius 2 is 0.613 bits per heavy atom. The summed E-state index contributed by atoms with van der Waals surface area (Å²) in [5, 5.41) is 1.19. The van der Waals surface area contributed by atoms with Crippen molar-refractivity contribution >= 4 is 15.9 Å². The van der Waals surface area contributed by atoms with Crippen LogP contribution in [0, 0.1) is 5.92 Å². The fourth-order valence-corrected chi connectivity index (χ4v) is 5.32. The highest BCUT2D eigenvalue weighted by molar-refractivity contribution is 9.09. The predicted octanol–water partition coefficient (Wildman–Crippen LogP) is 12.2. The maximum atomic E-state index is 3.65. The van der Waals surface area contributed by atoms with Gasteiger partial charge in [-0.1, -0.05) is 184 Å². The van der Waals surface area contributed by atoms with Crippen LogP contribution in [0.25, 0.3) is 0 Å². The zero-order chi connectivity index (χ0) is 22.7. The van der Waals surface area contributed by atoms with Crippen LogP contribution in [0.5, 0.6) is 0 Å². The molecule has 0 fully saturated rings. The number of hydrogen-bond acceptors (Lipinski definition) is 0. The lowest BCUT2D eigenvalue weighted by molar-refractivity contribution is 0.378. The molecule has 0 spiro atoms. The van der Waals surface area contributed by atoms with Gasteiger partial charge in [0, 0.05) is 5.33 Å². The highest BCUT2D eigenvalue weighted by atomic mass is 79.9. The van der Waals surface area contributed by atoms with Gasteiger partial charge in [-0.3, -0.25) is 0 Å². The first-order valence-corrected chi connectivity index (χ1v) is 16.0. The Morgan fingerprint density at radius 1 is 0.355 bits per heavy atom. The van der Waals surface area contributed by atoms with Crippen molar-refractivity contribution in [3.05, 3.63) is 0 Å². The Morgan fingerprint density at radius 3 is 0.903 bits per heavy atom. The third-order valence-corrected chi connectivity index (χ3v) is 7.74. The van der Waals surface area contributed by atoms with E-state index in [2.05, 4.69) is 29.8 Å². The molecule has 0 radical (unpaired) electrons. The van der Waals surface area contributed by atoms with E-state index >= 15 is 0 Å². The molecule has 31 heavy (non-hydrogen) atoms. The molecule has 0 saturated carbocycles. The maximum absolute atomic E-state index is 3.65. The molecule has 0 rings (SSSR count). The van der Waals surface area contributed by atoms with Crippen LogP contribution in [0.3, 0.4) is 0 Å². The van der Waals surface area contributed by atoms with Crippen LogP contribution in [-0.2, 0) is 0 Å². The lowest BCUT2D eigenvalue weighted by atomic mass is 9.90. The Labute approximate surface area is 207 Å². The summed E-state index contributed by atoms with van der Waals surface area (Å²) in [7, 11) is 0. The van der Waals surface area contributed by atoms with E-state index in [1.54, 1.807) is 0 Å². The number of hydrogen-bond donors (Lipinski definition) is 0. The molecule has 0 aromatic heterocycles. The molecule has 0 aliphatic carbocycles. The van der Waals surface area contributed by atoms with E-state index in [0.29, 0.717) is 0 Å². The van der Waals surface area contributed by atoms with E-state index in [1.165, 1.54) is 172 Å². The average molecular weight is 502 g/mol. The molecule has 0 N–H and O–H groups in total. The fraction of sp³-hybridized carbons (Fsp3) is 1.00. The summed E-state index contributed by atoms with van der Waals surface area (Å²) in [6.07, 6.45) is 38.1. The van der Waals surface area contributed by atoms with Crippen LogP contribution < -0.4 is 0 Å². The minimum Gasteiger partial charge on any atom is -0.0928 e. The quantitative estimate of drug-likeness (QED) is 0.0775. The normalized spacial score (nSPS) is 12.5. The van der Waals surface area contributed by atoms with E-state index in [4.69, 9.17) is 0 Å². The molecule has 1 atom stereocenters. The van der Waals surface area contributed by atoms with Crippen LogP contribution >= 0.6 is 15.9 Å². The van der Waals surface area contributed by atoms with Gasteiger partial charge in [0.2, 0.25) is 0 Å². The topological polar surface area (TPSA) is 0 Å². The first-order chi connectivity index (χ1) is 15.3. The molecule has 0 saturated heterocycles. The third kappa shape index (κ3) is 26.6. The Bertz CT molecular complexity index is 301. The van der Waals surface area contributed by atoms with Gasteiger partial charge in [-0.05, 0) is 18.8 Å². The van der Waals surface area contributed by atoms with Crippen LogP contribution in [0.2, 0.25) is 0 Å². The van der Waals surface area contributed by atoms with Gasteiger partial charge in [-0.15, -0.1) is 0 Å². The molecule has 0 aliphatic rings. The Kier molecular flexibility index (Phi) is 29.0. The largest absolute Gasteiger partial charge is 0.0928 e. The maximum Gasteiger partial charge on any atom is 0.00314 e. The van der Waals surface area contributed by atoms with E-state index in [1.807, 2.05) is 0 Å². The van der Waals surface area contributed by atoms with Crippen LogP contribution in [-0.4, -0.2) is 5.33 Å². The summed E-state index contributed by atoms with van der Waals surface area (Å²) >= 11 is 3.65. The highest BCUT2D eigenvalue weighted by Gasteiger charge is 2.08. The van der Waals surface area contributed by atoms with E-state index in [0.717, 1.165) is 5.92 Å². The molecule has 0 bridgehead atoms. The highest BCUT2D eigenvalue weighted by Crippen LogP contribution is 2.24. The van der Waals surface area contributed by atoms with Crippen molar-refractivity contribution in [2.75, 3.05) is 5.33 Å². The minimum absolute atomic E-state index is 1.01. The minimum atomic E-state index is 1.01. The first kappa shape index (κ1) is 31.5. The van der Waals surface area contributed by atoms with Gasteiger partial charge >= 0.3 is 0 Å². The summed E-state index contributed by atoms with van der Waals surface area (Å²) in [6, 6.07) is 0. The molecule has 0 nitrogen and oxygen atoms in total. The predicted molar refractivity (Wildman–Crippen MR) is 149 cm³/mol. The van der Waals surface area contributed by atoms with Gasteiger partial charge in [-0.25, -0.2) is 0 Å². The average Bonchev–Trinajstić information content (AvgIpc) is 2.78. The first-order valence-electron chi connectivity index (χ1n) is 14.9. The molecule has 0 heterocycles. The van der Waals surface area contributed by atoms with Gasteiger partial charge < -0.3 is 0 Å². The summed E-state index contributed by atoms with van der Waals surface area (Å²) in [4.78, 5) is 0. The van der Waals surface area contributed by atoms with Crippen LogP contribution in [0.1, 0.15) is 181 Å². The summed E-state index contributed by atoms with van der Waals surface area (Å²) in [6.45, 7) is 4.62. The van der Waals surface area contributed by atoms with Crippen molar-refractivity contribution in [1.82, 2.24) is 0 Å². The molecule has 1 unspecified atom stereocenters. The van der Waals surface area contributed by atoms with E-state index in [9.17, 15) is 0 Å². The number of alkyl halides is 1. The third-order valence-electron chi connectivity index (χ3n) is 7.18. The molecule has 0 aliphatic heterocycles. The Balaban J connectivity index is 3.50. The zero-order valence-corrected chi connectivity index (χ0v) is 23.6. The number of halogens is 1. The molecule has 0 aromatic rings. The van der Waals surface area contributed by atoms with Crippen molar-refractivity contribution < 1.29 is 0 Å². The Hall–Kier alpha value is 0.480. The summed E-state index contributed by atoms with van der Waals surface area (Å²) < 4.78 is 0. The van der Waals surface area contributed by atoms with Gasteiger partial charge in [0.15, 0.2) is 0 Å². The molecular formula is C30H61Br. The molecule has 0 aromatic carbocycles. The van der Waals surface area contributed by atoms with Crippen LogP contribution in [0.15, 0.2) is 0 Å². The summed E-state index contributed by atoms with van der Waals surface area (Å²) in [5.41, 5.74) is 0. The molecular weight excluding hydrogens is 440 g/mol. The monoisotopic (exact) mass is 500 g/mol. The SMILES string of the molecule is CCCCCCCCCCCCCCC(CCCBr)CCCCCCCCCCCC. The standard InChI is InChI=1S/C30H61Br/c1-3-5-7-9-11-13-15-16-18-20-22-24-27-30(28-25-29-31)26-23-21-19-17-14-12-10-8-6-4-2/h30H,3-29H2,1-2H3. The van der Waals surface area contributed by atoms with Crippen molar-refractivity contribution in [2.24, 2.45) is 5.92 Å². The van der Waals surface area contributed by atoms with Gasteiger partial charge in [0.05, 0.1) is 0 Å². The van der Waals surface area contributed by atoms with Crippen molar-refractivity contribution in [3.8, 4) is 0 Å². The smallest absolute Gasteiger partial charge is 0.00314 e. The van der Waals surface area contributed by atoms with Crippen molar-refractivity contribution in [2.45, 2.75) is 181 Å². The van der Waals surface area contributed by atoms with E-state index < -0.39 is 0 Å². The number of rotatable bonds is 27. The van der Waals surface area contributed by atoms with Crippen LogP contribution in [0.4, 0.5) is 0 Å². The van der Waals surface area contributed by atoms with Gasteiger partial charge in [0.25, 0.3) is 0 Å². The molecule has 188 valence electrons. The molecule has 0 amide bonds. The number of unbranched alkanes of at least 4 members (excludes halogenated alkanes) is 20. The second kappa shape index (κ2) is 28.5. The summed E-state index contributed by atoms with van der Waals surface area (Å²) in [5.74, 6) is 1.01. The second-order valence-electron chi connectivity index (χ2n) is 10.3. The lowest BCUT2D eigenvalue weighted by Gasteiger charge is -2.16. The van der Waals surface area contributed by atoms with E-state index in [-0.39, 0.29) is 0 Å². The molecule has 1 heteroatoms. The second-order valence-corrected chi connectivity index (χ2v) is 11.1. The van der Waals surface area contributed by atoms with Gasteiger partial charge in [-0.2, -0.15) is 0 Å². The fourth-order valence-electron chi connectivity index (χ4n) is 4.99. The van der Waals surface area contributed by atoms with Crippen molar-refractivity contribution in [3.63, 3.8) is 0 Å². The van der Waals surface area contributed by atoms with Gasteiger partial charge in [0.1, 0.15) is 0 Å².